The highest BCUT2D eigenvalue weighted by atomic mass is 79.9. The third-order valence-electron chi connectivity index (χ3n) is 4.38. The molecule has 0 fully saturated rings. The number of halogens is 1. The van der Waals surface area contributed by atoms with Crippen molar-refractivity contribution in [3.63, 3.8) is 0 Å². The number of nitrogens with one attached hydrogen (secondary N) is 1. The van der Waals surface area contributed by atoms with Crippen LogP contribution in [-0.4, -0.2) is 49.3 Å². The maximum Gasteiger partial charge on any atom is 0.192 e. The van der Waals surface area contributed by atoms with Crippen molar-refractivity contribution in [3.05, 3.63) is 22.9 Å². The summed E-state index contributed by atoms with van der Waals surface area (Å²) in [4.78, 5) is 4.50. The highest BCUT2D eigenvalue weighted by molar-refractivity contribution is 9.10. The lowest BCUT2D eigenvalue weighted by Crippen LogP contribution is -2.41. The topological polar surface area (TPSA) is 60.7 Å². The molecule has 0 radical (unpaired) electrons. The number of rotatable bonds is 8. The van der Waals surface area contributed by atoms with Crippen molar-refractivity contribution in [2.24, 2.45) is 0 Å². The van der Waals surface area contributed by atoms with Gasteiger partial charge >= 0.3 is 0 Å². The Morgan fingerprint density at radius 2 is 2.00 bits per heavy atom. The van der Waals surface area contributed by atoms with Gasteiger partial charge in [-0.2, -0.15) is 5.10 Å². The lowest BCUT2D eigenvalue weighted by atomic mass is 10.2. The van der Waals surface area contributed by atoms with Gasteiger partial charge in [0.15, 0.2) is 14.0 Å². The molecule has 0 aliphatic rings. The van der Waals surface area contributed by atoms with Gasteiger partial charge in [0.1, 0.15) is 5.82 Å². The second kappa shape index (κ2) is 7.94. The summed E-state index contributed by atoms with van der Waals surface area (Å²) >= 11 is 3.43. The van der Waals surface area contributed by atoms with Crippen molar-refractivity contribution in [2.75, 3.05) is 31.7 Å². The fraction of sp³-hybridized carbons (Fsp3) is 0.625. The van der Waals surface area contributed by atoms with E-state index < -0.39 is 8.32 Å². The van der Waals surface area contributed by atoms with Crippen LogP contribution in [0.2, 0.25) is 18.1 Å². The molecule has 6 nitrogen and oxygen atoms in total. The van der Waals surface area contributed by atoms with Crippen LogP contribution in [0.4, 0.5) is 5.82 Å². The Bertz CT molecular complexity index is 670. The fourth-order valence-corrected chi connectivity index (χ4v) is 3.25. The summed E-state index contributed by atoms with van der Waals surface area (Å²) in [6.07, 6.45) is 3.61. The maximum absolute atomic E-state index is 6.08. The average molecular weight is 415 g/mol. The quantitative estimate of drug-likeness (QED) is 0.523. The summed E-state index contributed by atoms with van der Waals surface area (Å²) in [5.74, 6) is 0.810. The van der Waals surface area contributed by atoms with Crippen LogP contribution in [0.15, 0.2) is 22.9 Å². The molecule has 1 N–H and O–H groups in total. The van der Waals surface area contributed by atoms with Crippen LogP contribution in [-0.2, 0) is 9.16 Å². The van der Waals surface area contributed by atoms with Crippen LogP contribution in [0.3, 0.4) is 0 Å². The zero-order valence-corrected chi connectivity index (χ0v) is 17.7. The molecule has 2 heterocycles. The standard InChI is InChI=1S/C16H27BrN4O2Si/c1-16(2,3)24(4,5)23-11-10-22-9-7-18-14-6-8-21-15(20-14)13(17)12-19-21/h6,8,12H,7,9-11H2,1-5H3,(H,18,20). The number of anilines is 1. The molecule has 2 aromatic heterocycles. The molecule has 2 rings (SSSR count). The Morgan fingerprint density at radius 3 is 2.71 bits per heavy atom. The molecule has 0 spiro atoms. The molecule has 0 aliphatic carbocycles. The fourth-order valence-electron chi connectivity index (χ4n) is 1.87. The Labute approximate surface area is 153 Å². The van der Waals surface area contributed by atoms with E-state index in [1.165, 1.54) is 0 Å². The molecule has 0 saturated carbocycles. The summed E-state index contributed by atoms with van der Waals surface area (Å²) in [5, 5.41) is 7.66. The smallest absolute Gasteiger partial charge is 0.192 e. The molecule has 0 amide bonds. The number of hydrogen-bond donors (Lipinski definition) is 1. The van der Waals surface area contributed by atoms with E-state index in [1.807, 2.05) is 12.3 Å². The SMILES string of the molecule is CC(C)(C)[Si](C)(C)OCCOCCNc1ccn2ncc(Br)c2n1. The van der Waals surface area contributed by atoms with Gasteiger partial charge in [-0.25, -0.2) is 9.50 Å². The number of fused-ring (bicyclic) bond motifs is 1. The molecule has 0 aromatic carbocycles. The van der Waals surface area contributed by atoms with E-state index in [1.54, 1.807) is 10.7 Å². The first-order valence-electron chi connectivity index (χ1n) is 8.16. The minimum atomic E-state index is -1.67. The zero-order chi connectivity index (χ0) is 17.8. The monoisotopic (exact) mass is 414 g/mol. The summed E-state index contributed by atoms with van der Waals surface area (Å²) in [6.45, 7) is 13.8. The number of aromatic nitrogens is 3. The van der Waals surface area contributed by atoms with Gasteiger partial charge in [-0.3, -0.25) is 0 Å². The van der Waals surface area contributed by atoms with Crippen LogP contribution < -0.4 is 5.32 Å². The Morgan fingerprint density at radius 1 is 1.25 bits per heavy atom. The predicted molar refractivity (Wildman–Crippen MR) is 103 cm³/mol. The molecule has 0 saturated heterocycles. The normalized spacial score (nSPS) is 12.8. The molecule has 0 aliphatic heterocycles. The summed E-state index contributed by atoms with van der Waals surface area (Å²) in [6, 6.07) is 1.90. The number of ether oxygens (including phenoxy) is 1. The second-order valence-electron chi connectivity index (χ2n) is 7.22. The number of hydrogen-bond acceptors (Lipinski definition) is 5. The van der Waals surface area contributed by atoms with Gasteiger partial charge in [-0.1, -0.05) is 20.8 Å². The first-order valence-corrected chi connectivity index (χ1v) is 11.9. The summed E-state index contributed by atoms with van der Waals surface area (Å²) in [7, 11) is -1.67. The molecule has 2 aromatic rings. The van der Waals surface area contributed by atoms with Crippen molar-refractivity contribution >= 4 is 35.7 Å². The molecule has 134 valence electrons. The first-order chi connectivity index (χ1) is 11.2. The van der Waals surface area contributed by atoms with Crippen molar-refractivity contribution in [2.45, 2.75) is 38.9 Å². The lowest BCUT2D eigenvalue weighted by Gasteiger charge is -2.36. The van der Waals surface area contributed by atoms with Crippen molar-refractivity contribution in [1.82, 2.24) is 14.6 Å². The Hall–Kier alpha value is -0.963. The van der Waals surface area contributed by atoms with Gasteiger partial charge in [0, 0.05) is 12.7 Å². The van der Waals surface area contributed by atoms with E-state index in [9.17, 15) is 0 Å². The second-order valence-corrected chi connectivity index (χ2v) is 12.9. The molecule has 8 heteroatoms. The van der Waals surface area contributed by atoms with Gasteiger partial charge in [0.2, 0.25) is 0 Å². The molecular formula is C16H27BrN4O2Si. The third-order valence-corrected chi connectivity index (χ3v) is 9.47. The van der Waals surface area contributed by atoms with Gasteiger partial charge < -0.3 is 14.5 Å². The van der Waals surface area contributed by atoms with Gasteiger partial charge in [-0.05, 0) is 40.1 Å². The van der Waals surface area contributed by atoms with Crippen LogP contribution in [0.1, 0.15) is 20.8 Å². The van der Waals surface area contributed by atoms with Gasteiger partial charge in [0.05, 0.1) is 30.5 Å². The minimum absolute atomic E-state index is 0.237. The minimum Gasteiger partial charge on any atom is -0.414 e. The van der Waals surface area contributed by atoms with Crippen LogP contribution in [0, 0.1) is 0 Å². The maximum atomic E-state index is 6.08. The molecular weight excluding hydrogens is 388 g/mol. The van der Waals surface area contributed by atoms with Gasteiger partial charge in [-0.15, -0.1) is 0 Å². The molecule has 24 heavy (non-hydrogen) atoms. The van der Waals surface area contributed by atoms with E-state index in [2.05, 4.69) is 65.2 Å². The van der Waals surface area contributed by atoms with Gasteiger partial charge in [0.25, 0.3) is 0 Å². The molecule has 0 bridgehead atoms. The Balaban J connectivity index is 1.65. The molecule has 0 unspecified atom stereocenters. The van der Waals surface area contributed by atoms with Crippen molar-refractivity contribution < 1.29 is 9.16 Å². The largest absolute Gasteiger partial charge is 0.414 e. The third kappa shape index (κ3) is 5.02. The number of nitrogens with zero attached hydrogens (tertiary/aromatic N) is 3. The van der Waals surface area contributed by atoms with E-state index >= 15 is 0 Å². The van der Waals surface area contributed by atoms with Crippen LogP contribution in [0.25, 0.3) is 5.65 Å². The lowest BCUT2D eigenvalue weighted by molar-refractivity contribution is 0.102. The van der Waals surface area contributed by atoms with E-state index in [0.29, 0.717) is 26.4 Å². The highest BCUT2D eigenvalue weighted by Gasteiger charge is 2.36. The summed E-state index contributed by atoms with van der Waals surface area (Å²) < 4.78 is 14.3. The van der Waals surface area contributed by atoms with Crippen molar-refractivity contribution in [3.8, 4) is 0 Å². The zero-order valence-electron chi connectivity index (χ0n) is 15.1. The average Bonchev–Trinajstić information content (AvgIpc) is 2.86. The Kier molecular flexibility index (Phi) is 6.41. The predicted octanol–water partition coefficient (Wildman–Crippen LogP) is 3.94. The highest BCUT2D eigenvalue weighted by Crippen LogP contribution is 2.36. The van der Waals surface area contributed by atoms with E-state index in [0.717, 1.165) is 15.9 Å². The van der Waals surface area contributed by atoms with Crippen LogP contribution in [0.5, 0.6) is 0 Å². The first kappa shape index (κ1) is 19.4. The van der Waals surface area contributed by atoms with Crippen molar-refractivity contribution in [1.29, 1.82) is 0 Å². The van der Waals surface area contributed by atoms with E-state index in [-0.39, 0.29) is 5.04 Å². The van der Waals surface area contributed by atoms with E-state index in [4.69, 9.17) is 9.16 Å². The summed E-state index contributed by atoms with van der Waals surface area (Å²) in [5.41, 5.74) is 0.795. The van der Waals surface area contributed by atoms with Crippen LogP contribution >= 0.6 is 15.9 Å². The molecule has 0 atom stereocenters.